The minimum Gasteiger partial charge on any atom is -0.336 e. The van der Waals surface area contributed by atoms with Crippen LogP contribution in [0, 0.1) is 5.92 Å². The molecular weight excluding hydrogens is 316 g/mol. The van der Waals surface area contributed by atoms with Crippen molar-refractivity contribution in [2.75, 3.05) is 11.4 Å². The second-order valence-corrected chi connectivity index (χ2v) is 6.82. The van der Waals surface area contributed by atoms with E-state index in [2.05, 4.69) is 5.10 Å². The van der Waals surface area contributed by atoms with E-state index >= 15 is 0 Å². The molecule has 2 aromatic rings. The molecule has 1 fully saturated rings. The number of hydrogen-bond acceptors (Lipinski definition) is 3. The van der Waals surface area contributed by atoms with Crippen molar-refractivity contribution in [3.05, 3.63) is 48.3 Å². The summed E-state index contributed by atoms with van der Waals surface area (Å²) >= 11 is 0. The van der Waals surface area contributed by atoms with Gasteiger partial charge in [0.2, 0.25) is 11.8 Å². The number of nitrogens with zero attached hydrogens (tertiary/aromatic N) is 4. The molecule has 2 amide bonds. The van der Waals surface area contributed by atoms with Crippen LogP contribution in [0.4, 0.5) is 5.69 Å². The first-order valence-electron chi connectivity index (χ1n) is 8.59. The molecule has 1 aromatic carbocycles. The first-order chi connectivity index (χ1) is 12.0. The minimum absolute atomic E-state index is 0.00892. The molecule has 1 aliphatic heterocycles. The standard InChI is InChI=1S/C19H24N4O2/c1-14(2)22(12-15-10-20-21(3)11-15)19(25)16-9-18(24)23(13-16)17-7-5-4-6-8-17/h4-8,10-11,14,16H,9,12-13H2,1-3H3. The van der Waals surface area contributed by atoms with Crippen LogP contribution in [0.5, 0.6) is 0 Å². The minimum atomic E-state index is -0.299. The van der Waals surface area contributed by atoms with Crippen molar-refractivity contribution in [1.82, 2.24) is 14.7 Å². The fraction of sp³-hybridized carbons (Fsp3) is 0.421. The molecule has 0 spiro atoms. The lowest BCUT2D eigenvalue weighted by molar-refractivity contribution is -0.138. The number of anilines is 1. The molecule has 0 bridgehead atoms. The van der Waals surface area contributed by atoms with E-state index in [0.29, 0.717) is 13.1 Å². The van der Waals surface area contributed by atoms with E-state index in [9.17, 15) is 9.59 Å². The highest BCUT2D eigenvalue weighted by atomic mass is 16.2. The molecule has 2 heterocycles. The van der Waals surface area contributed by atoms with Gasteiger partial charge in [-0.05, 0) is 26.0 Å². The van der Waals surface area contributed by atoms with E-state index in [1.54, 1.807) is 15.8 Å². The summed E-state index contributed by atoms with van der Waals surface area (Å²) in [6.45, 7) is 4.96. The highest BCUT2D eigenvalue weighted by Crippen LogP contribution is 2.27. The Morgan fingerprint density at radius 3 is 2.64 bits per heavy atom. The topological polar surface area (TPSA) is 58.4 Å². The first-order valence-corrected chi connectivity index (χ1v) is 8.59. The number of carbonyl (C=O) groups excluding carboxylic acids is 2. The Balaban J connectivity index is 1.73. The second-order valence-electron chi connectivity index (χ2n) is 6.82. The van der Waals surface area contributed by atoms with Crippen LogP contribution in [0.15, 0.2) is 42.7 Å². The van der Waals surface area contributed by atoms with Gasteiger partial charge < -0.3 is 9.80 Å². The summed E-state index contributed by atoms with van der Waals surface area (Å²) in [7, 11) is 1.86. The van der Waals surface area contributed by atoms with Crippen LogP contribution in [0.25, 0.3) is 0 Å². The number of hydrogen-bond donors (Lipinski definition) is 0. The van der Waals surface area contributed by atoms with Gasteiger partial charge in [-0.25, -0.2) is 0 Å². The molecule has 0 saturated carbocycles. The number of carbonyl (C=O) groups is 2. The van der Waals surface area contributed by atoms with Crippen molar-refractivity contribution < 1.29 is 9.59 Å². The summed E-state index contributed by atoms with van der Waals surface area (Å²) in [4.78, 5) is 29.0. The maximum absolute atomic E-state index is 13.0. The third-order valence-corrected chi connectivity index (χ3v) is 4.56. The number of aryl methyl sites for hydroxylation is 1. The Hall–Kier alpha value is -2.63. The maximum Gasteiger partial charge on any atom is 0.228 e. The van der Waals surface area contributed by atoms with Crippen molar-refractivity contribution in [2.45, 2.75) is 32.9 Å². The first kappa shape index (κ1) is 17.2. The lowest BCUT2D eigenvalue weighted by Gasteiger charge is -2.29. The highest BCUT2D eigenvalue weighted by molar-refractivity contribution is 6.00. The number of rotatable bonds is 5. The van der Waals surface area contributed by atoms with Gasteiger partial charge in [-0.2, -0.15) is 5.10 Å². The van der Waals surface area contributed by atoms with Crippen LogP contribution in [0.1, 0.15) is 25.8 Å². The summed E-state index contributed by atoms with van der Waals surface area (Å²) in [5.74, 6) is -0.257. The quantitative estimate of drug-likeness (QED) is 0.838. The normalized spacial score (nSPS) is 17.4. The molecule has 132 valence electrons. The van der Waals surface area contributed by atoms with Gasteiger partial charge in [0.1, 0.15) is 0 Å². The second kappa shape index (κ2) is 7.09. The van der Waals surface area contributed by atoms with E-state index in [4.69, 9.17) is 0 Å². The van der Waals surface area contributed by atoms with Crippen LogP contribution in [0.3, 0.4) is 0 Å². The van der Waals surface area contributed by atoms with Gasteiger partial charge in [0.15, 0.2) is 0 Å². The maximum atomic E-state index is 13.0. The average Bonchev–Trinajstić information content (AvgIpc) is 3.18. The molecular formula is C19H24N4O2. The summed E-state index contributed by atoms with van der Waals surface area (Å²) in [5.41, 5.74) is 1.85. The largest absolute Gasteiger partial charge is 0.336 e. The predicted octanol–water partition coefficient (Wildman–Crippen LogP) is 2.21. The fourth-order valence-corrected chi connectivity index (χ4v) is 3.23. The lowest BCUT2D eigenvalue weighted by atomic mass is 10.1. The number of benzene rings is 1. The lowest BCUT2D eigenvalue weighted by Crippen LogP contribution is -2.41. The van der Waals surface area contributed by atoms with Crippen LogP contribution in [-0.4, -0.2) is 39.1 Å². The summed E-state index contributed by atoms with van der Waals surface area (Å²) < 4.78 is 1.73. The molecule has 0 radical (unpaired) electrons. The fourth-order valence-electron chi connectivity index (χ4n) is 3.23. The van der Waals surface area contributed by atoms with Gasteiger partial charge in [0.25, 0.3) is 0 Å². The monoisotopic (exact) mass is 340 g/mol. The molecule has 1 unspecified atom stereocenters. The molecule has 1 aliphatic rings. The average molecular weight is 340 g/mol. The van der Waals surface area contributed by atoms with Gasteiger partial charge in [-0.15, -0.1) is 0 Å². The number of aromatic nitrogens is 2. The third-order valence-electron chi connectivity index (χ3n) is 4.56. The van der Waals surface area contributed by atoms with Gasteiger partial charge in [0.05, 0.1) is 12.1 Å². The van der Waals surface area contributed by atoms with Crippen molar-refractivity contribution in [3.63, 3.8) is 0 Å². The molecule has 0 aliphatic carbocycles. The Bertz CT molecular complexity index is 754. The van der Waals surface area contributed by atoms with E-state index in [0.717, 1.165) is 11.3 Å². The van der Waals surface area contributed by atoms with Gasteiger partial charge in [-0.1, -0.05) is 18.2 Å². The van der Waals surface area contributed by atoms with E-state index in [-0.39, 0.29) is 30.2 Å². The Morgan fingerprint density at radius 2 is 2.04 bits per heavy atom. The molecule has 6 heteroatoms. The van der Waals surface area contributed by atoms with Crippen LogP contribution in [0.2, 0.25) is 0 Å². The van der Waals surface area contributed by atoms with Crippen LogP contribution < -0.4 is 4.90 Å². The molecule has 1 saturated heterocycles. The summed E-state index contributed by atoms with van der Waals surface area (Å²) in [6, 6.07) is 9.59. The zero-order valence-electron chi connectivity index (χ0n) is 14.9. The van der Waals surface area contributed by atoms with Crippen molar-refractivity contribution in [1.29, 1.82) is 0 Å². The Morgan fingerprint density at radius 1 is 1.32 bits per heavy atom. The third kappa shape index (κ3) is 3.73. The van der Waals surface area contributed by atoms with E-state index in [1.807, 2.05) is 62.3 Å². The molecule has 1 aromatic heterocycles. The van der Waals surface area contributed by atoms with Crippen molar-refractivity contribution in [3.8, 4) is 0 Å². The number of para-hydroxylation sites is 1. The number of amides is 2. The molecule has 1 atom stereocenters. The zero-order valence-corrected chi connectivity index (χ0v) is 14.9. The Kier molecular flexibility index (Phi) is 4.88. The SMILES string of the molecule is CC(C)N(Cc1cnn(C)c1)C(=O)C1CC(=O)N(c2ccccc2)C1. The Labute approximate surface area is 148 Å². The predicted molar refractivity (Wildman–Crippen MR) is 95.8 cm³/mol. The smallest absolute Gasteiger partial charge is 0.228 e. The van der Waals surface area contributed by atoms with Gasteiger partial charge in [-0.3, -0.25) is 14.3 Å². The van der Waals surface area contributed by atoms with Gasteiger partial charge in [0, 0.05) is 50.0 Å². The zero-order chi connectivity index (χ0) is 18.0. The van der Waals surface area contributed by atoms with E-state index < -0.39 is 0 Å². The van der Waals surface area contributed by atoms with Crippen molar-refractivity contribution >= 4 is 17.5 Å². The van der Waals surface area contributed by atoms with Crippen LogP contribution >= 0.6 is 0 Å². The van der Waals surface area contributed by atoms with E-state index in [1.165, 1.54) is 0 Å². The molecule has 6 nitrogen and oxygen atoms in total. The van der Waals surface area contributed by atoms with Gasteiger partial charge >= 0.3 is 0 Å². The highest BCUT2D eigenvalue weighted by Gasteiger charge is 2.37. The molecule has 25 heavy (non-hydrogen) atoms. The summed E-state index contributed by atoms with van der Waals surface area (Å²) in [5, 5.41) is 4.17. The molecule has 3 rings (SSSR count). The van der Waals surface area contributed by atoms with Crippen LogP contribution in [-0.2, 0) is 23.2 Å². The summed E-state index contributed by atoms with van der Waals surface area (Å²) in [6.07, 6.45) is 3.96. The van der Waals surface area contributed by atoms with Crippen molar-refractivity contribution in [2.24, 2.45) is 13.0 Å². The molecule has 0 N–H and O–H groups in total.